The van der Waals surface area contributed by atoms with Crippen molar-refractivity contribution < 1.29 is 9.53 Å². The number of hydrogen-bond acceptors (Lipinski definition) is 2. The second kappa shape index (κ2) is 5.72. The molecule has 0 atom stereocenters. The first-order chi connectivity index (χ1) is 10.1. The van der Waals surface area contributed by atoms with Crippen molar-refractivity contribution in [3.8, 4) is 5.75 Å². The molecule has 2 nitrogen and oxygen atoms in total. The molecule has 3 rings (SSSR count). The van der Waals surface area contributed by atoms with Gasteiger partial charge in [0.15, 0.2) is 5.78 Å². The molecule has 0 saturated heterocycles. The van der Waals surface area contributed by atoms with Gasteiger partial charge in [-0.05, 0) is 44.4 Å². The summed E-state index contributed by atoms with van der Waals surface area (Å²) in [5.41, 5.74) is 4.20. The molecular formula is C19H20O2. The van der Waals surface area contributed by atoms with Crippen LogP contribution in [0.3, 0.4) is 0 Å². The fraction of sp³-hybridized carbons (Fsp3) is 0.316. The molecular weight excluding hydrogens is 260 g/mol. The van der Waals surface area contributed by atoms with Crippen LogP contribution >= 0.6 is 0 Å². The van der Waals surface area contributed by atoms with Crippen molar-refractivity contribution in [2.24, 2.45) is 0 Å². The topological polar surface area (TPSA) is 26.3 Å². The molecule has 1 fully saturated rings. The predicted molar refractivity (Wildman–Crippen MR) is 84.0 cm³/mol. The van der Waals surface area contributed by atoms with E-state index in [9.17, 15) is 4.79 Å². The molecule has 108 valence electrons. The van der Waals surface area contributed by atoms with Gasteiger partial charge in [0.1, 0.15) is 5.75 Å². The van der Waals surface area contributed by atoms with Gasteiger partial charge in [-0.3, -0.25) is 4.79 Å². The zero-order valence-electron chi connectivity index (χ0n) is 12.6. The predicted octanol–water partition coefficient (Wildman–Crippen LogP) is 4.27. The molecule has 0 unspecified atom stereocenters. The third kappa shape index (κ3) is 3.72. The molecule has 0 aromatic heterocycles. The van der Waals surface area contributed by atoms with E-state index in [1.807, 2.05) is 24.3 Å². The Morgan fingerprint density at radius 2 is 1.81 bits per heavy atom. The summed E-state index contributed by atoms with van der Waals surface area (Å²) in [4.78, 5) is 12.4. The number of carbonyl (C=O) groups is 1. The van der Waals surface area contributed by atoms with Crippen LogP contribution in [0.15, 0.2) is 42.5 Å². The zero-order valence-corrected chi connectivity index (χ0v) is 12.6. The Morgan fingerprint density at radius 1 is 1.10 bits per heavy atom. The fourth-order valence-electron chi connectivity index (χ4n) is 2.58. The highest BCUT2D eigenvalue weighted by atomic mass is 16.5. The molecule has 1 aliphatic carbocycles. The third-order valence-corrected chi connectivity index (χ3v) is 3.63. The highest BCUT2D eigenvalue weighted by Crippen LogP contribution is 2.27. The summed E-state index contributed by atoms with van der Waals surface area (Å²) in [6.07, 6.45) is 3.05. The molecule has 0 amide bonds. The first kappa shape index (κ1) is 13.9. The van der Waals surface area contributed by atoms with Crippen molar-refractivity contribution >= 4 is 5.78 Å². The van der Waals surface area contributed by atoms with E-state index in [1.165, 1.54) is 11.1 Å². The first-order valence-electron chi connectivity index (χ1n) is 7.47. The Balaban J connectivity index is 1.74. The maximum atomic E-state index is 12.4. The molecule has 2 aromatic carbocycles. The normalized spacial score (nSPS) is 14.0. The maximum absolute atomic E-state index is 12.4. The van der Waals surface area contributed by atoms with Crippen LogP contribution in [0.4, 0.5) is 0 Å². The number of aryl methyl sites for hydroxylation is 2. The molecule has 0 aliphatic heterocycles. The number of ether oxygens (including phenoxy) is 1. The van der Waals surface area contributed by atoms with E-state index in [-0.39, 0.29) is 5.78 Å². The van der Waals surface area contributed by atoms with Crippen molar-refractivity contribution in [3.63, 3.8) is 0 Å². The van der Waals surface area contributed by atoms with Gasteiger partial charge >= 0.3 is 0 Å². The average Bonchev–Trinajstić information content (AvgIpc) is 3.21. The van der Waals surface area contributed by atoms with Crippen molar-refractivity contribution in [3.05, 3.63) is 64.7 Å². The monoisotopic (exact) mass is 280 g/mol. The van der Waals surface area contributed by atoms with E-state index < -0.39 is 0 Å². The quantitative estimate of drug-likeness (QED) is 0.764. The van der Waals surface area contributed by atoms with Gasteiger partial charge in [0.05, 0.1) is 6.10 Å². The summed E-state index contributed by atoms with van der Waals surface area (Å²) in [7, 11) is 0. The van der Waals surface area contributed by atoms with Gasteiger partial charge in [-0.1, -0.05) is 41.5 Å². The number of carbonyl (C=O) groups excluding carboxylic acids is 1. The lowest BCUT2D eigenvalue weighted by Gasteiger charge is -2.07. The summed E-state index contributed by atoms with van der Waals surface area (Å²) in [6, 6.07) is 13.8. The van der Waals surface area contributed by atoms with Crippen LogP contribution in [0, 0.1) is 13.8 Å². The van der Waals surface area contributed by atoms with Crippen LogP contribution in [0.5, 0.6) is 5.75 Å². The number of ketones is 1. The summed E-state index contributed by atoms with van der Waals surface area (Å²) in [6.45, 7) is 4.12. The number of rotatable bonds is 5. The third-order valence-electron chi connectivity index (χ3n) is 3.63. The van der Waals surface area contributed by atoms with Crippen LogP contribution in [-0.2, 0) is 6.42 Å². The second-order valence-corrected chi connectivity index (χ2v) is 5.94. The van der Waals surface area contributed by atoms with Crippen molar-refractivity contribution in [2.45, 2.75) is 39.2 Å². The molecule has 0 spiro atoms. The van der Waals surface area contributed by atoms with Gasteiger partial charge in [0.2, 0.25) is 0 Å². The Hall–Kier alpha value is -2.09. The second-order valence-electron chi connectivity index (χ2n) is 5.94. The number of hydrogen-bond donors (Lipinski definition) is 0. The van der Waals surface area contributed by atoms with Crippen LogP contribution in [-0.4, -0.2) is 11.9 Å². The Bertz CT molecular complexity index is 649. The van der Waals surface area contributed by atoms with Crippen LogP contribution in [0.1, 0.15) is 39.9 Å². The lowest BCUT2D eigenvalue weighted by atomic mass is 9.99. The van der Waals surface area contributed by atoms with Crippen LogP contribution < -0.4 is 4.74 Å². The molecule has 1 aliphatic rings. The van der Waals surface area contributed by atoms with Gasteiger partial charge < -0.3 is 4.74 Å². The molecule has 1 saturated carbocycles. The smallest absolute Gasteiger partial charge is 0.167 e. The number of Topliss-reactive ketones (excluding diaryl/α,β-unsaturated/α-hetero) is 1. The lowest BCUT2D eigenvalue weighted by molar-refractivity contribution is 0.0992. The average molecular weight is 280 g/mol. The van der Waals surface area contributed by atoms with Gasteiger partial charge in [-0.15, -0.1) is 0 Å². The standard InChI is InChI=1S/C19H20O2/c1-13-8-14(2)10-15(9-13)11-19(20)16-4-3-5-18(12-16)21-17-6-7-17/h3-5,8-10,12,17H,6-7,11H2,1-2H3. The highest BCUT2D eigenvalue weighted by Gasteiger charge is 2.23. The fourth-order valence-corrected chi connectivity index (χ4v) is 2.58. The highest BCUT2D eigenvalue weighted by molar-refractivity contribution is 5.97. The molecule has 21 heavy (non-hydrogen) atoms. The molecule has 0 radical (unpaired) electrons. The van der Waals surface area contributed by atoms with Crippen LogP contribution in [0.25, 0.3) is 0 Å². The molecule has 2 aromatic rings. The van der Waals surface area contributed by atoms with E-state index in [4.69, 9.17) is 4.74 Å². The van der Waals surface area contributed by atoms with Crippen molar-refractivity contribution in [1.82, 2.24) is 0 Å². The van der Waals surface area contributed by atoms with Crippen molar-refractivity contribution in [2.75, 3.05) is 0 Å². The Labute approximate surface area is 125 Å². The van der Waals surface area contributed by atoms with Gasteiger partial charge in [0, 0.05) is 12.0 Å². The van der Waals surface area contributed by atoms with E-state index in [0.717, 1.165) is 29.7 Å². The van der Waals surface area contributed by atoms with Gasteiger partial charge in [-0.2, -0.15) is 0 Å². The SMILES string of the molecule is Cc1cc(C)cc(CC(=O)c2cccc(OC3CC3)c2)c1. The Morgan fingerprint density at radius 3 is 2.48 bits per heavy atom. The van der Waals surface area contributed by atoms with E-state index in [0.29, 0.717) is 12.5 Å². The van der Waals surface area contributed by atoms with Gasteiger partial charge in [-0.25, -0.2) is 0 Å². The lowest BCUT2D eigenvalue weighted by Crippen LogP contribution is -2.05. The molecule has 0 bridgehead atoms. The minimum absolute atomic E-state index is 0.140. The first-order valence-corrected chi connectivity index (χ1v) is 7.47. The molecule has 0 heterocycles. The van der Waals surface area contributed by atoms with Crippen LogP contribution in [0.2, 0.25) is 0 Å². The summed E-state index contributed by atoms with van der Waals surface area (Å²) >= 11 is 0. The molecule has 2 heteroatoms. The number of benzene rings is 2. The van der Waals surface area contributed by atoms with E-state index in [2.05, 4.69) is 32.0 Å². The zero-order chi connectivity index (χ0) is 14.8. The largest absolute Gasteiger partial charge is 0.490 e. The summed E-state index contributed by atoms with van der Waals surface area (Å²) in [5, 5.41) is 0. The summed E-state index contributed by atoms with van der Waals surface area (Å²) < 4.78 is 5.75. The van der Waals surface area contributed by atoms with E-state index >= 15 is 0 Å². The van der Waals surface area contributed by atoms with Gasteiger partial charge in [0.25, 0.3) is 0 Å². The Kier molecular flexibility index (Phi) is 3.78. The minimum Gasteiger partial charge on any atom is -0.490 e. The van der Waals surface area contributed by atoms with E-state index in [1.54, 1.807) is 0 Å². The maximum Gasteiger partial charge on any atom is 0.167 e. The molecule has 0 N–H and O–H groups in total. The minimum atomic E-state index is 0.140. The summed E-state index contributed by atoms with van der Waals surface area (Å²) in [5.74, 6) is 0.949. The van der Waals surface area contributed by atoms with Crippen molar-refractivity contribution in [1.29, 1.82) is 0 Å².